The number of rotatable bonds is 3. The molecule has 1 aliphatic rings. The summed E-state index contributed by atoms with van der Waals surface area (Å²) in [4.78, 5) is 4.16. The third kappa shape index (κ3) is 2.39. The van der Waals surface area contributed by atoms with Crippen molar-refractivity contribution in [2.45, 2.75) is 38.1 Å². The van der Waals surface area contributed by atoms with Crippen LogP contribution in [0.3, 0.4) is 0 Å². The lowest BCUT2D eigenvalue weighted by Gasteiger charge is -2.21. The molecule has 5 nitrogen and oxygen atoms in total. The molecule has 0 fully saturated rings. The predicted molar refractivity (Wildman–Crippen MR) is 77.0 cm³/mol. The zero-order chi connectivity index (χ0) is 14.7. The van der Waals surface area contributed by atoms with Crippen LogP contribution in [-0.2, 0) is 13.0 Å². The number of hydrogen-bond acceptors (Lipinski definition) is 4. The first-order chi connectivity index (χ1) is 10.3. The van der Waals surface area contributed by atoms with E-state index in [1.54, 1.807) is 17.1 Å². The Morgan fingerprint density at radius 2 is 2.24 bits per heavy atom. The molecule has 0 saturated heterocycles. The minimum absolute atomic E-state index is 0.210. The number of nitrogens with zero attached hydrogens (tertiary/aromatic N) is 5. The van der Waals surface area contributed by atoms with Gasteiger partial charge in [0.1, 0.15) is 6.54 Å². The highest BCUT2D eigenvalue weighted by molar-refractivity contribution is 5.64. The van der Waals surface area contributed by atoms with E-state index in [2.05, 4.69) is 22.2 Å². The van der Waals surface area contributed by atoms with Crippen LogP contribution in [0.25, 0.3) is 11.3 Å². The lowest BCUT2D eigenvalue weighted by atomic mass is 9.82. The van der Waals surface area contributed by atoms with Crippen LogP contribution in [0.5, 0.6) is 0 Å². The van der Waals surface area contributed by atoms with Gasteiger partial charge >= 0.3 is 0 Å². The van der Waals surface area contributed by atoms with Gasteiger partial charge in [0.05, 0.1) is 17.8 Å². The van der Waals surface area contributed by atoms with E-state index in [1.807, 2.05) is 12.1 Å². The fraction of sp³-hybridized carbons (Fsp3) is 0.375. The third-order valence-corrected chi connectivity index (χ3v) is 3.97. The molecule has 2 aromatic rings. The van der Waals surface area contributed by atoms with Gasteiger partial charge in [0, 0.05) is 41.6 Å². The smallest absolute Gasteiger partial charge is 0.128 e. The van der Waals surface area contributed by atoms with Crippen molar-refractivity contribution >= 4 is 0 Å². The van der Waals surface area contributed by atoms with Crippen LogP contribution >= 0.6 is 0 Å². The standard InChI is InChI=1S/C16H15N5/c17-7-6-12-3-1-5-14-15(12)16(20-21(14)10-8-18)13-4-2-9-19-11-13/h2,4,9,11-12H,1,3,5-6,10H2. The summed E-state index contributed by atoms with van der Waals surface area (Å²) in [5.74, 6) is 0.210. The Morgan fingerprint density at radius 1 is 1.33 bits per heavy atom. The van der Waals surface area contributed by atoms with Gasteiger partial charge in [0.15, 0.2) is 0 Å². The zero-order valence-electron chi connectivity index (χ0n) is 11.7. The van der Waals surface area contributed by atoms with Crippen molar-refractivity contribution < 1.29 is 0 Å². The van der Waals surface area contributed by atoms with E-state index < -0.39 is 0 Å². The molecule has 2 heterocycles. The molecule has 2 aromatic heterocycles. The molecule has 3 rings (SSSR count). The van der Waals surface area contributed by atoms with Crippen LogP contribution in [0.4, 0.5) is 0 Å². The number of aromatic nitrogens is 3. The Morgan fingerprint density at radius 3 is 2.95 bits per heavy atom. The van der Waals surface area contributed by atoms with Crippen LogP contribution in [-0.4, -0.2) is 14.8 Å². The molecule has 1 unspecified atom stereocenters. The molecule has 0 aromatic carbocycles. The van der Waals surface area contributed by atoms with Crippen molar-refractivity contribution in [1.29, 1.82) is 10.5 Å². The van der Waals surface area contributed by atoms with Gasteiger partial charge in [-0.25, -0.2) is 0 Å². The van der Waals surface area contributed by atoms with E-state index in [0.717, 1.165) is 41.8 Å². The van der Waals surface area contributed by atoms with Gasteiger partial charge in [-0.2, -0.15) is 15.6 Å². The molecule has 0 N–H and O–H groups in total. The molecule has 1 atom stereocenters. The second kappa shape index (κ2) is 5.76. The first-order valence-corrected chi connectivity index (χ1v) is 7.09. The van der Waals surface area contributed by atoms with Crippen molar-refractivity contribution in [2.75, 3.05) is 0 Å². The van der Waals surface area contributed by atoms with Crippen LogP contribution in [0.15, 0.2) is 24.5 Å². The molecule has 0 amide bonds. The van der Waals surface area contributed by atoms with Gasteiger partial charge in [-0.15, -0.1) is 0 Å². The Bertz CT molecular complexity index is 718. The maximum absolute atomic E-state index is 9.07. The third-order valence-electron chi connectivity index (χ3n) is 3.97. The van der Waals surface area contributed by atoms with Crippen LogP contribution in [0.2, 0.25) is 0 Å². The summed E-state index contributed by atoms with van der Waals surface area (Å²) < 4.78 is 1.79. The first kappa shape index (κ1) is 13.3. The molecule has 0 aliphatic heterocycles. The van der Waals surface area contributed by atoms with Gasteiger partial charge in [-0.05, 0) is 31.4 Å². The molecule has 21 heavy (non-hydrogen) atoms. The van der Waals surface area contributed by atoms with Crippen molar-refractivity contribution in [3.05, 3.63) is 35.8 Å². The van der Waals surface area contributed by atoms with E-state index >= 15 is 0 Å². The fourth-order valence-electron chi connectivity index (χ4n) is 3.09. The van der Waals surface area contributed by atoms with Crippen molar-refractivity contribution in [3.63, 3.8) is 0 Å². The molecule has 0 saturated carbocycles. The number of hydrogen-bond donors (Lipinski definition) is 0. The number of fused-ring (bicyclic) bond motifs is 1. The Kier molecular flexibility index (Phi) is 3.66. The molecule has 5 heteroatoms. The largest absolute Gasteiger partial charge is 0.264 e. The van der Waals surface area contributed by atoms with E-state index in [1.165, 1.54) is 0 Å². The summed E-state index contributed by atoms with van der Waals surface area (Å²) in [6.07, 6.45) is 6.99. The average molecular weight is 277 g/mol. The summed E-state index contributed by atoms with van der Waals surface area (Å²) in [6.45, 7) is 0.252. The predicted octanol–water partition coefficient (Wildman–Crippen LogP) is 2.80. The lowest BCUT2D eigenvalue weighted by Crippen LogP contribution is -2.12. The van der Waals surface area contributed by atoms with E-state index in [-0.39, 0.29) is 12.5 Å². The molecular weight excluding hydrogens is 262 g/mol. The summed E-state index contributed by atoms with van der Waals surface area (Å²) >= 11 is 0. The van der Waals surface area contributed by atoms with Gasteiger partial charge in [-0.1, -0.05) is 0 Å². The highest BCUT2D eigenvalue weighted by Gasteiger charge is 2.29. The topological polar surface area (TPSA) is 78.3 Å². The van der Waals surface area contributed by atoms with Crippen LogP contribution < -0.4 is 0 Å². The minimum Gasteiger partial charge on any atom is -0.264 e. The Balaban J connectivity index is 2.16. The summed E-state index contributed by atoms with van der Waals surface area (Å²) in [6, 6.07) is 8.30. The zero-order valence-corrected chi connectivity index (χ0v) is 11.7. The molecule has 0 spiro atoms. The summed E-state index contributed by atoms with van der Waals surface area (Å²) in [7, 11) is 0. The highest BCUT2D eigenvalue weighted by atomic mass is 15.3. The second-order valence-corrected chi connectivity index (χ2v) is 5.22. The van der Waals surface area contributed by atoms with Crippen molar-refractivity contribution in [1.82, 2.24) is 14.8 Å². The maximum atomic E-state index is 9.07. The molecule has 0 bridgehead atoms. The molecule has 104 valence electrons. The normalized spacial score (nSPS) is 16.8. The maximum Gasteiger partial charge on any atom is 0.128 e. The van der Waals surface area contributed by atoms with Gasteiger partial charge in [-0.3, -0.25) is 9.67 Å². The van der Waals surface area contributed by atoms with E-state index in [0.29, 0.717) is 6.42 Å². The summed E-state index contributed by atoms with van der Waals surface area (Å²) in [5, 5.41) is 22.7. The van der Waals surface area contributed by atoms with E-state index in [4.69, 9.17) is 10.5 Å². The second-order valence-electron chi connectivity index (χ2n) is 5.22. The number of pyridine rings is 1. The number of nitriles is 2. The van der Waals surface area contributed by atoms with Gasteiger partial charge in [0.2, 0.25) is 0 Å². The van der Waals surface area contributed by atoms with E-state index in [9.17, 15) is 0 Å². The molecular formula is C16H15N5. The first-order valence-electron chi connectivity index (χ1n) is 7.09. The fourth-order valence-corrected chi connectivity index (χ4v) is 3.09. The lowest BCUT2D eigenvalue weighted by molar-refractivity contribution is 0.535. The van der Waals surface area contributed by atoms with Crippen molar-refractivity contribution in [3.8, 4) is 23.4 Å². The quantitative estimate of drug-likeness (QED) is 0.864. The minimum atomic E-state index is 0.210. The van der Waals surface area contributed by atoms with Gasteiger partial charge < -0.3 is 0 Å². The van der Waals surface area contributed by atoms with Crippen LogP contribution in [0.1, 0.15) is 36.4 Å². The monoisotopic (exact) mass is 277 g/mol. The van der Waals surface area contributed by atoms with Crippen LogP contribution in [0, 0.1) is 22.7 Å². The Hall–Kier alpha value is -2.66. The molecule has 1 aliphatic carbocycles. The SMILES string of the molecule is N#CCC1CCCc2c1c(-c1cccnc1)nn2CC#N. The Labute approximate surface area is 123 Å². The van der Waals surface area contributed by atoms with Gasteiger partial charge in [0.25, 0.3) is 0 Å². The highest BCUT2D eigenvalue weighted by Crippen LogP contribution is 2.39. The molecule has 0 radical (unpaired) electrons. The average Bonchev–Trinajstić information content (AvgIpc) is 2.89. The summed E-state index contributed by atoms with van der Waals surface area (Å²) in [5.41, 5.74) is 4.09. The van der Waals surface area contributed by atoms with Crippen molar-refractivity contribution in [2.24, 2.45) is 0 Å².